The minimum Gasteiger partial charge on any atom is -0.477 e. The first-order valence-electron chi connectivity index (χ1n) is 9.56. The van der Waals surface area contributed by atoms with E-state index in [-0.39, 0.29) is 5.56 Å². The molecule has 0 aliphatic carbocycles. The predicted octanol–water partition coefficient (Wildman–Crippen LogP) is 6.04. The summed E-state index contributed by atoms with van der Waals surface area (Å²) >= 11 is 3.38. The number of carboxylic acid groups (broad SMARTS) is 1. The Morgan fingerprint density at radius 1 is 0.970 bits per heavy atom. The first kappa shape index (κ1) is 24.1. The van der Waals surface area contributed by atoms with E-state index in [2.05, 4.69) is 21.2 Å². The fraction of sp³-hybridized carbons (Fsp3) is 0.0833. The zero-order valence-corrected chi connectivity index (χ0v) is 18.5. The van der Waals surface area contributed by atoms with E-state index in [1.807, 2.05) is 18.2 Å². The molecule has 0 unspecified atom stereocenters. The Morgan fingerprint density at radius 2 is 1.61 bits per heavy atom. The van der Waals surface area contributed by atoms with E-state index in [0.29, 0.717) is 17.1 Å². The third-order valence-corrected chi connectivity index (χ3v) is 5.09. The van der Waals surface area contributed by atoms with Crippen LogP contribution in [-0.2, 0) is 22.2 Å². The number of carbonyl (C=O) groups is 2. The second-order valence-corrected chi connectivity index (χ2v) is 7.70. The van der Waals surface area contributed by atoms with Gasteiger partial charge >= 0.3 is 12.1 Å². The number of carboxylic acids is 1. The van der Waals surface area contributed by atoms with Gasteiger partial charge in [0.2, 0.25) is 5.91 Å². The maximum atomic E-state index is 13.1. The lowest BCUT2D eigenvalue weighted by Crippen LogP contribution is -2.29. The van der Waals surface area contributed by atoms with Crippen LogP contribution in [0.15, 0.2) is 83.0 Å². The summed E-state index contributed by atoms with van der Waals surface area (Å²) in [5.41, 5.74) is -1.21. The zero-order valence-electron chi connectivity index (χ0n) is 16.9. The second-order valence-electron chi connectivity index (χ2n) is 6.84. The Bertz CT molecular complexity index is 1190. The standard InChI is InChI=1S/C24H17BrF3NO4/c25-19-7-3-4-8-21(19)33-17-11-9-15(10-12-17)13-20(23(31)32)29-22(30)14-16-5-1-2-6-18(16)24(26,27)28/h1-13H,14H2,(H,29,30)(H,31,32). The van der Waals surface area contributed by atoms with E-state index in [4.69, 9.17) is 4.74 Å². The van der Waals surface area contributed by atoms with E-state index >= 15 is 0 Å². The molecule has 0 atom stereocenters. The van der Waals surface area contributed by atoms with Crippen molar-refractivity contribution in [3.05, 3.63) is 99.7 Å². The third-order valence-electron chi connectivity index (χ3n) is 4.43. The fourth-order valence-corrected chi connectivity index (χ4v) is 3.29. The Kier molecular flexibility index (Phi) is 7.55. The molecule has 0 aliphatic rings. The molecule has 170 valence electrons. The number of ether oxygens (including phenoxy) is 1. The van der Waals surface area contributed by atoms with Gasteiger partial charge in [-0.2, -0.15) is 13.2 Å². The highest BCUT2D eigenvalue weighted by molar-refractivity contribution is 9.10. The number of amides is 1. The van der Waals surface area contributed by atoms with Crippen molar-refractivity contribution >= 4 is 33.9 Å². The molecule has 0 aliphatic heterocycles. The normalized spacial score (nSPS) is 11.7. The van der Waals surface area contributed by atoms with Crippen LogP contribution in [0.2, 0.25) is 0 Å². The minimum absolute atomic E-state index is 0.249. The molecular weight excluding hydrogens is 503 g/mol. The summed E-state index contributed by atoms with van der Waals surface area (Å²) in [7, 11) is 0. The summed E-state index contributed by atoms with van der Waals surface area (Å²) in [4.78, 5) is 23.8. The summed E-state index contributed by atoms with van der Waals surface area (Å²) in [5, 5.41) is 11.6. The molecule has 2 N–H and O–H groups in total. The number of para-hydroxylation sites is 1. The first-order chi connectivity index (χ1) is 15.6. The first-order valence-corrected chi connectivity index (χ1v) is 10.3. The quantitative estimate of drug-likeness (QED) is 0.373. The van der Waals surface area contributed by atoms with Gasteiger partial charge in [-0.3, -0.25) is 4.79 Å². The van der Waals surface area contributed by atoms with Crippen LogP contribution in [0.3, 0.4) is 0 Å². The van der Waals surface area contributed by atoms with Crippen LogP contribution in [0, 0.1) is 0 Å². The molecule has 9 heteroatoms. The lowest BCUT2D eigenvalue weighted by atomic mass is 10.0. The fourth-order valence-electron chi connectivity index (χ4n) is 2.92. The number of aliphatic carboxylic acids is 1. The van der Waals surface area contributed by atoms with Crippen molar-refractivity contribution in [1.29, 1.82) is 0 Å². The molecule has 1 amide bonds. The van der Waals surface area contributed by atoms with Gasteiger partial charge in [-0.05, 0) is 63.5 Å². The largest absolute Gasteiger partial charge is 0.477 e. The maximum absolute atomic E-state index is 13.1. The van der Waals surface area contributed by atoms with Gasteiger partial charge in [0.25, 0.3) is 0 Å². The molecule has 33 heavy (non-hydrogen) atoms. The SMILES string of the molecule is O=C(Cc1ccccc1C(F)(F)F)NC(=Cc1ccc(Oc2ccccc2Br)cc1)C(=O)O. The van der Waals surface area contributed by atoms with E-state index in [9.17, 15) is 27.9 Å². The number of nitrogens with one attached hydrogen (secondary N) is 1. The Hall–Kier alpha value is -3.59. The molecule has 3 aromatic rings. The Labute approximate surface area is 195 Å². The molecule has 0 aromatic heterocycles. The highest BCUT2D eigenvalue weighted by Crippen LogP contribution is 2.32. The molecular formula is C24H17BrF3NO4. The Balaban J connectivity index is 1.73. The molecule has 0 radical (unpaired) electrons. The van der Waals surface area contributed by atoms with Crippen molar-refractivity contribution < 1.29 is 32.6 Å². The smallest absolute Gasteiger partial charge is 0.416 e. The van der Waals surface area contributed by atoms with Crippen LogP contribution < -0.4 is 10.1 Å². The number of alkyl halides is 3. The monoisotopic (exact) mass is 519 g/mol. The molecule has 5 nitrogen and oxygen atoms in total. The number of hydrogen-bond donors (Lipinski definition) is 2. The van der Waals surface area contributed by atoms with Crippen molar-refractivity contribution in [1.82, 2.24) is 5.32 Å². The van der Waals surface area contributed by atoms with Crippen LogP contribution >= 0.6 is 15.9 Å². The minimum atomic E-state index is -4.62. The van der Waals surface area contributed by atoms with Crippen LogP contribution in [0.25, 0.3) is 6.08 Å². The molecule has 0 heterocycles. The van der Waals surface area contributed by atoms with E-state index in [0.717, 1.165) is 10.5 Å². The number of rotatable bonds is 7. The lowest BCUT2D eigenvalue weighted by Gasteiger charge is -2.13. The van der Waals surface area contributed by atoms with Crippen molar-refractivity contribution in [3.63, 3.8) is 0 Å². The van der Waals surface area contributed by atoms with Crippen molar-refractivity contribution in [2.24, 2.45) is 0 Å². The highest BCUT2D eigenvalue weighted by atomic mass is 79.9. The van der Waals surface area contributed by atoms with Gasteiger partial charge in [-0.1, -0.05) is 42.5 Å². The summed E-state index contributed by atoms with van der Waals surface area (Å²) in [6.45, 7) is 0. The van der Waals surface area contributed by atoms with Crippen LogP contribution in [-0.4, -0.2) is 17.0 Å². The summed E-state index contributed by atoms with van der Waals surface area (Å²) in [5.74, 6) is -1.21. The molecule has 0 saturated carbocycles. The van der Waals surface area contributed by atoms with Crippen LogP contribution in [0.1, 0.15) is 16.7 Å². The molecule has 3 rings (SSSR count). The number of carbonyl (C=O) groups excluding carboxylic acids is 1. The summed E-state index contributed by atoms with van der Waals surface area (Å²) in [6, 6.07) is 18.3. The van der Waals surface area contributed by atoms with Gasteiger partial charge in [-0.25, -0.2) is 4.79 Å². The third kappa shape index (κ3) is 6.69. The van der Waals surface area contributed by atoms with E-state index in [1.54, 1.807) is 30.3 Å². The lowest BCUT2D eigenvalue weighted by molar-refractivity contribution is -0.138. The van der Waals surface area contributed by atoms with E-state index < -0.39 is 35.7 Å². The maximum Gasteiger partial charge on any atom is 0.416 e. The number of benzene rings is 3. The van der Waals surface area contributed by atoms with Crippen LogP contribution in [0.5, 0.6) is 11.5 Å². The van der Waals surface area contributed by atoms with Gasteiger partial charge in [0.1, 0.15) is 17.2 Å². The zero-order chi connectivity index (χ0) is 24.0. The molecule has 0 saturated heterocycles. The second kappa shape index (κ2) is 10.4. The highest BCUT2D eigenvalue weighted by Gasteiger charge is 2.33. The Morgan fingerprint density at radius 3 is 2.24 bits per heavy atom. The average Bonchev–Trinajstić information content (AvgIpc) is 2.75. The average molecular weight is 520 g/mol. The van der Waals surface area contributed by atoms with Gasteiger partial charge in [0.15, 0.2) is 0 Å². The molecule has 0 fully saturated rings. The molecule has 0 spiro atoms. The topological polar surface area (TPSA) is 75.6 Å². The summed E-state index contributed by atoms with van der Waals surface area (Å²) < 4.78 is 45.9. The number of halogens is 4. The van der Waals surface area contributed by atoms with Crippen molar-refractivity contribution in [3.8, 4) is 11.5 Å². The van der Waals surface area contributed by atoms with Crippen LogP contribution in [0.4, 0.5) is 13.2 Å². The molecule has 0 bridgehead atoms. The van der Waals surface area contributed by atoms with Crippen molar-refractivity contribution in [2.75, 3.05) is 0 Å². The van der Waals surface area contributed by atoms with Gasteiger partial charge < -0.3 is 15.2 Å². The van der Waals surface area contributed by atoms with Crippen molar-refractivity contribution in [2.45, 2.75) is 12.6 Å². The predicted molar refractivity (Wildman–Crippen MR) is 120 cm³/mol. The van der Waals surface area contributed by atoms with E-state index in [1.165, 1.54) is 24.3 Å². The number of hydrogen-bond acceptors (Lipinski definition) is 3. The molecule has 3 aromatic carbocycles. The van der Waals surface area contributed by atoms with Gasteiger partial charge in [-0.15, -0.1) is 0 Å². The summed E-state index contributed by atoms with van der Waals surface area (Å²) in [6.07, 6.45) is -4.04. The van der Waals surface area contributed by atoms with Gasteiger partial charge in [0.05, 0.1) is 16.5 Å². The van der Waals surface area contributed by atoms with Gasteiger partial charge in [0, 0.05) is 0 Å².